The first-order chi connectivity index (χ1) is 7.45. The summed E-state index contributed by atoms with van der Waals surface area (Å²) in [6.07, 6.45) is 0. The molecule has 1 aromatic carbocycles. The predicted octanol–water partition coefficient (Wildman–Crippen LogP) is 2.43. The van der Waals surface area contributed by atoms with E-state index in [2.05, 4.69) is 20.7 Å². The first-order valence-corrected chi connectivity index (χ1v) is 6.49. The molecule has 0 aliphatic heterocycles. The van der Waals surface area contributed by atoms with Gasteiger partial charge in [0.05, 0.1) is 7.11 Å². The number of hydrogen-bond donors (Lipinski definition) is 1. The van der Waals surface area contributed by atoms with Crippen LogP contribution in [0.4, 0.5) is 0 Å². The highest BCUT2D eigenvalue weighted by atomic mass is 79.9. The van der Waals surface area contributed by atoms with Crippen molar-refractivity contribution >= 4 is 33.7 Å². The Bertz CT molecular complexity index is 382. The lowest BCUT2D eigenvalue weighted by atomic mass is 10.1. The molecule has 0 aliphatic carbocycles. The van der Waals surface area contributed by atoms with Gasteiger partial charge in [-0.2, -0.15) is 0 Å². The molecule has 0 aliphatic rings. The van der Waals surface area contributed by atoms with Crippen LogP contribution in [0.3, 0.4) is 0 Å². The summed E-state index contributed by atoms with van der Waals surface area (Å²) in [5.74, 6) is 0.0887. The van der Waals surface area contributed by atoms with Crippen molar-refractivity contribution in [2.45, 2.75) is 17.4 Å². The molecule has 0 spiro atoms. The fourth-order valence-electron chi connectivity index (χ4n) is 1.08. The van der Waals surface area contributed by atoms with Crippen LogP contribution >= 0.6 is 27.7 Å². The zero-order valence-corrected chi connectivity index (χ0v) is 11.6. The highest BCUT2D eigenvalue weighted by Gasteiger charge is 2.29. The smallest absolute Gasteiger partial charge is 0.326 e. The molecule has 0 bridgehead atoms. The second-order valence-corrected chi connectivity index (χ2v) is 5.62. The van der Waals surface area contributed by atoms with E-state index in [1.165, 1.54) is 18.9 Å². The van der Waals surface area contributed by atoms with Crippen LogP contribution in [-0.4, -0.2) is 24.4 Å². The highest BCUT2D eigenvalue weighted by Crippen LogP contribution is 2.24. The van der Waals surface area contributed by atoms with Crippen LogP contribution < -0.4 is 5.73 Å². The number of nitrogens with two attached hydrogens (primary N) is 1. The van der Waals surface area contributed by atoms with Crippen molar-refractivity contribution in [3.8, 4) is 0 Å². The first kappa shape index (κ1) is 13.5. The largest absolute Gasteiger partial charge is 0.468 e. The zero-order valence-electron chi connectivity index (χ0n) is 9.20. The molecule has 16 heavy (non-hydrogen) atoms. The van der Waals surface area contributed by atoms with E-state index in [1.54, 1.807) is 6.92 Å². The maximum Gasteiger partial charge on any atom is 0.326 e. The third-order valence-electron chi connectivity index (χ3n) is 1.99. The topological polar surface area (TPSA) is 52.3 Å². The van der Waals surface area contributed by atoms with E-state index in [-0.39, 0.29) is 0 Å². The lowest BCUT2D eigenvalue weighted by Gasteiger charge is -2.20. The van der Waals surface area contributed by atoms with E-state index in [0.29, 0.717) is 5.75 Å². The van der Waals surface area contributed by atoms with Gasteiger partial charge in [0, 0.05) is 15.1 Å². The molecular formula is C11H14BrNO2S. The van der Waals surface area contributed by atoms with Crippen molar-refractivity contribution in [3.63, 3.8) is 0 Å². The molecule has 0 aromatic heterocycles. The molecule has 0 fully saturated rings. The van der Waals surface area contributed by atoms with Gasteiger partial charge in [0.1, 0.15) is 5.54 Å². The lowest BCUT2D eigenvalue weighted by Crippen LogP contribution is -2.48. The van der Waals surface area contributed by atoms with Crippen molar-refractivity contribution in [2.75, 3.05) is 12.9 Å². The molecule has 1 aromatic rings. The molecule has 1 unspecified atom stereocenters. The Hall–Kier alpha value is -0.520. The fraction of sp³-hybridized carbons (Fsp3) is 0.364. The standard InChI is InChI=1S/C11H14BrNO2S/c1-11(13,10(14)15-2)7-16-9-5-3-4-8(12)6-9/h3-6H,7,13H2,1-2H3. The Kier molecular flexibility index (Phi) is 4.83. The summed E-state index contributed by atoms with van der Waals surface area (Å²) >= 11 is 4.92. The summed E-state index contributed by atoms with van der Waals surface area (Å²) in [5, 5.41) is 0. The Labute approximate surface area is 108 Å². The number of halogens is 1. The Morgan fingerprint density at radius 1 is 1.62 bits per heavy atom. The van der Waals surface area contributed by atoms with Crippen molar-refractivity contribution in [1.82, 2.24) is 0 Å². The monoisotopic (exact) mass is 303 g/mol. The van der Waals surface area contributed by atoms with Crippen molar-refractivity contribution in [2.24, 2.45) is 5.73 Å². The number of carbonyl (C=O) groups excluding carboxylic acids is 1. The maximum atomic E-state index is 11.4. The Morgan fingerprint density at radius 2 is 2.31 bits per heavy atom. The number of hydrogen-bond acceptors (Lipinski definition) is 4. The zero-order chi connectivity index (χ0) is 12.2. The number of esters is 1. The van der Waals surface area contributed by atoms with Crippen molar-refractivity contribution in [3.05, 3.63) is 28.7 Å². The summed E-state index contributed by atoms with van der Waals surface area (Å²) < 4.78 is 5.65. The molecule has 0 saturated heterocycles. The van der Waals surface area contributed by atoms with Gasteiger partial charge in [-0.15, -0.1) is 11.8 Å². The number of thioether (sulfide) groups is 1. The van der Waals surface area contributed by atoms with Crippen LogP contribution in [-0.2, 0) is 9.53 Å². The van der Waals surface area contributed by atoms with E-state index in [9.17, 15) is 4.79 Å². The van der Waals surface area contributed by atoms with E-state index < -0.39 is 11.5 Å². The SMILES string of the molecule is COC(=O)C(C)(N)CSc1cccc(Br)c1. The summed E-state index contributed by atoms with van der Waals surface area (Å²) in [6.45, 7) is 1.67. The third-order valence-corrected chi connectivity index (χ3v) is 3.81. The van der Waals surface area contributed by atoms with Gasteiger partial charge in [0.2, 0.25) is 0 Å². The van der Waals surface area contributed by atoms with Gasteiger partial charge in [-0.25, -0.2) is 0 Å². The van der Waals surface area contributed by atoms with Crippen molar-refractivity contribution in [1.29, 1.82) is 0 Å². The van der Waals surface area contributed by atoms with Crippen molar-refractivity contribution < 1.29 is 9.53 Å². The molecule has 0 radical (unpaired) electrons. The molecule has 1 atom stereocenters. The molecular weight excluding hydrogens is 290 g/mol. The maximum absolute atomic E-state index is 11.4. The van der Waals surface area contributed by atoms with Gasteiger partial charge in [-0.1, -0.05) is 22.0 Å². The molecule has 5 heteroatoms. The highest BCUT2D eigenvalue weighted by molar-refractivity contribution is 9.10. The van der Waals surface area contributed by atoms with Gasteiger partial charge in [-0.05, 0) is 25.1 Å². The van der Waals surface area contributed by atoms with Crippen LogP contribution in [0.5, 0.6) is 0 Å². The van der Waals surface area contributed by atoms with E-state index in [4.69, 9.17) is 5.73 Å². The number of methoxy groups -OCH3 is 1. The van der Waals surface area contributed by atoms with Gasteiger partial charge in [0.15, 0.2) is 0 Å². The molecule has 0 saturated carbocycles. The van der Waals surface area contributed by atoms with Crippen LogP contribution in [0.1, 0.15) is 6.92 Å². The number of ether oxygens (including phenoxy) is 1. The third kappa shape index (κ3) is 3.81. The molecule has 0 amide bonds. The second-order valence-electron chi connectivity index (χ2n) is 3.66. The molecule has 88 valence electrons. The minimum absolute atomic E-state index is 0.394. The van der Waals surface area contributed by atoms with Gasteiger partial charge < -0.3 is 10.5 Å². The Balaban J connectivity index is 2.61. The normalized spacial score (nSPS) is 14.2. The minimum Gasteiger partial charge on any atom is -0.468 e. The Morgan fingerprint density at radius 3 is 2.88 bits per heavy atom. The van der Waals surface area contributed by atoms with Gasteiger partial charge >= 0.3 is 5.97 Å². The summed E-state index contributed by atoms with van der Waals surface area (Å²) in [5.41, 5.74) is 4.89. The van der Waals surface area contributed by atoms with Crippen LogP contribution in [0.25, 0.3) is 0 Å². The average molecular weight is 304 g/mol. The minimum atomic E-state index is -0.957. The van der Waals surface area contributed by atoms with Crippen LogP contribution in [0, 0.1) is 0 Å². The second kappa shape index (κ2) is 5.70. The molecule has 2 N–H and O–H groups in total. The van der Waals surface area contributed by atoms with Crippen LogP contribution in [0.15, 0.2) is 33.6 Å². The number of benzene rings is 1. The summed E-state index contributed by atoms with van der Waals surface area (Å²) in [6, 6.07) is 7.85. The van der Waals surface area contributed by atoms with E-state index >= 15 is 0 Å². The van der Waals surface area contributed by atoms with E-state index in [1.807, 2.05) is 24.3 Å². The number of carbonyl (C=O) groups is 1. The number of rotatable bonds is 4. The lowest BCUT2D eigenvalue weighted by molar-refractivity contribution is -0.145. The summed E-state index contributed by atoms with van der Waals surface area (Å²) in [7, 11) is 1.34. The van der Waals surface area contributed by atoms with E-state index in [0.717, 1.165) is 9.37 Å². The van der Waals surface area contributed by atoms with Gasteiger partial charge in [-0.3, -0.25) is 4.79 Å². The van der Waals surface area contributed by atoms with Gasteiger partial charge in [0.25, 0.3) is 0 Å². The molecule has 0 heterocycles. The summed E-state index contributed by atoms with van der Waals surface area (Å²) in [4.78, 5) is 12.4. The molecule has 1 rings (SSSR count). The average Bonchev–Trinajstić information content (AvgIpc) is 2.25. The molecule has 3 nitrogen and oxygen atoms in total. The fourth-order valence-corrected chi connectivity index (χ4v) is 2.60. The quantitative estimate of drug-likeness (QED) is 0.685. The predicted molar refractivity (Wildman–Crippen MR) is 69.5 cm³/mol. The first-order valence-electron chi connectivity index (χ1n) is 4.71. The van der Waals surface area contributed by atoms with Crippen LogP contribution in [0.2, 0.25) is 0 Å².